The minimum atomic E-state index is 0.528. The zero-order chi connectivity index (χ0) is 17.7. The lowest BCUT2D eigenvalue weighted by Gasteiger charge is -2.08. The van der Waals surface area contributed by atoms with Crippen molar-refractivity contribution in [2.24, 2.45) is 0 Å². The van der Waals surface area contributed by atoms with E-state index < -0.39 is 0 Å². The predicted molar refractivity (Wildman–Crippen MR) is 112 cm³/mol. The molecule has 0 unspecified atom stereocenters. The van der Waals surface area contributed by atoms with Crippen LogP contribution in [0, 0.1) is 0 Å². The summed E-state index contributed by atoms with van der Waals surface area (Å²) in [5.74, 6) is 0.528. The zero-order valence-corrected chi connectivity index (χ0v) is 15.5. The Labute approximate surface area is 156 Å². The van der Waals surface area contributed by atoms with Crippen molar-refractivity contribution in [2.45, 2.75) is 19.8 Å². The SMILES string of the molecule is CC(C)c1ccc(-c2ncnc3sc4ccc5ccccc5c4c23)cc1. The summed E-state index contributed by atoms with van der Waals surface area (Å²) in [5.41, 5.74) is 3.52. The third kappa shape index (κ3) is 2.31. The summed E-state index contributed by atoms with van der Waals surface area (Å²) >= 11 is 1.74. The predicted octanol–water partition coefficient (Wildman–Crippen LogP) is 6.79. The Morgan fingerprint density at radius 2 is 1.62 bits per heavy atom. The lowest BCUT2D eigenvalue weighted by atomic mass is 9.98. The van der Waals surface area contributed by atoms with E-state index in [-0.39, 0.29) is 0 Å². The molecular weight excluding hydrogens is 336 g/mol. The molecule has 0 bridgehead atoms. The van der Waals surface area contributed by atoms with Gasteiger partial charge in [0.25, 0.3) is 0 Å². The van der Waals surface area contributed by atoms with E-state index in [2.05, 4.69) is 84.5 Å². The van der Waals surface area contributed by atoms with Gasteiger partial charge in [0.1, 0.15) is 11.2 Å². The number of thiophene rings is 1. The molecule has 0 fully saturated rings. The van der Waals surface area contributed by atoms with Crippen molar-refractivity contribution in [1.82, 2.24) is 9.97 Å². The number of nitrogens with zero attached hydrogens (tertiary/aromatic N) is 2. The van der Waals surface area contributed by atoms with Crippen molar-refractivity contribution in [2.75, 3.05) is 0 Å². The van der Waals surface area contributed by atoms with Crippen LogP contribution in [-0.2, 0) is 0 Å². The van der Waals surface area contributed by atoms with E-state index in [9.17, 15) is 0 Å². The topological polar surface area (TPSA) is 25.8 Å². The largest absolute Gasteiger partial charge is 0.236 e. The average Bonchev–Trinajstić information content (AvgIpc) is 3.07. The van der Waals surface area contributed by atoms with E-state index in [0.717, 1.165) is 16.1 Å². The minimum absolute atomic E-state index is 0.528. The third-order valence-electron chi connectivity index (χ3n) is 5.01. The Kier molecular flexibility index (Phi) is 3.50. The molecule has 3 heteroatoms. The van der Waals surface area contributed by atoms with Gasteiger partial charge in [-0.1, -0.05) is 68.4 Å². The minimum Gasteiger partial charge on any atom is -0.236 e. The first-order chi connectivity index (χ1) is 12.7. The van der Waals surface area contributed by atoms with Crippen LogP contribution in [0.2, 0.25) is 0 Å². The smallest absolute Gasteiger partial charge is 0.128 e. The molecule has 3 aromatic carbocycles. The second-order valence-electron chi connectivity index (χ2n) is 6.94. The maximum absolute atomic E-state index is 4.68. The lowest BCUT2D eigenvalue weighted by Crippen LogP contribution is -1.90. The molecule has 5 rings (SSSR count). The van der Waals surface area contributed by atoms with Crippen molar-refractivity contribution in [3.05, 3.63) is 72.6 Å². The molecule has 0 amide bonds. The molecule has 0 saturated heterocycles. The highest BCUT2D eigenvalue weighted by Gasteiger charge is 2.15. The van der Waals surface area contributed by atoms with E-state index in [1.165, 1.54) is 31.8 Å². The monoisotopic (exact) mass is 354 g/mol. The fraction of sp³-hybridized carbons (Fsp3) is 0.130. The molecule has 0 saturated carbocycles. The second-order valence-corrected chi connectivity index (χ2v) is 7.97. The summed E-state index contributed by atoms with van der Waals surface area (Å²) in [6.45, 7) is 4.44. The highest BCUT2D eigenvalue weighted by atomic mass is 32.1. The number of benzene rings is 3. The van der Waals surface area contributed by atoms with Gasteiger partial charge in [-0.2, -0.15) is 0 Å². The molecule has 0 radical (unpaired) electrons. The number of hydrogen-bond donors (Lipinski definition) is 0. The molecular formula is C23H18N2S. The van der Waals surface area contributed by atoms with Gasteiger partial charge >= 0.3 is 0 Å². The van der Waals surface area contributed by atoms with Gasteiger partial charge in [-0.3, -0.25) is 0 Å². The van der Waals surface area contributed by atoms with E-state index in [4.69, 9.17) is 0 Å². The van der Waals surface area contributed by atoms with E-state index in [1.807, 2.05) is 0 Å². The number of rotatable bonds is 2. The van der Waals surface area contributed by atoms with Gasteiger partial charge in [0.05, 0.1) is 5.69 Å². The fourth-order valence-corrected chi connectivity index (χ4v) is 4.67. The summed E-state index contributed by atoms with van der Waals surface area (Å²) < 4.78 is 1.26. The Morgan fingerprint density at radius 1 is 0.808 bits per heavy atom. The standard InChI is InChI=1S/C23H18N2S/c1-14(2)15-7-9-17(10-8-15)22-21-20-18-6-4-3-5-16(18)11-12-19(20)26-23(21)25-13-24-22/h3-14H,1-2H3. The Hall–Kier alpha value is -2.78. The van der Waals surface area contributed by atoms with Crippen molar-refractivity contribution >= 4 is 42.4 Å². The number of fused-ring (bicyclic) bond motifs is 5. The van der Waals surface area contributed by atoms with Crippen LogP contribution in [0.3, 0.4) is 0 Å². The van der Waals surface area contributed by atoms with Gasteiger partial charge in [0.15, 0.2) is 0 Å². The summed E-state index contributed by atoms with van der Waals surface area (Å²) in [7, 11) is 0. The van der Waals surface area contributed by atoms with Crippen molar-refractivity contribution < 1.29 is 0 Å². The number of hydrogen-bond acceptors (Lipinski definition) is 3. The summed E-state index contributed by atoms with van der Waals surface area (Å²) in [6.07, 6.45) is 1.69. The molecule has 2 nitrogen and oxygen atoms in total. The molecule has 0 atom stereocenters. The van der Waals surface area contributed by atoms with Crippen LogP contribution >= 0.6 is 11.3 Å². The zero-order valence-electron chi connectivity index (χ0n) is 14.7. The summed E-state index contributed by atoms with van der Waals surface area (Å²) in [4.78, 5) is 10.3. The summed E-state index contributed by atoms with van der Waals surface area (Å²) in [6, 6.07) is 21.7. The van der Waals surface area contributed by atoms with Gasteiger partial charge in [-0.05, 0) is 28.3 Å². The van der Waals surface area contributed by atoms with Crippen LogP contribution in [0.4, 0.5) is 0 Å². The first-order valence-electron chi connectivity index (χ1n) is 8.87. The van der Waals surface area contributed by atoms with Gasteiger partial charge in [-0.15, -0.1) is 11.3 Å². The molecule has 0 aliphatic carbocycles. The second kappa shape index (κ2) is 5.89. The molecule has 0 aliphatic heterocycles. The maximum Gasteiger partial charge on any atom is 0.128 e. The highest BCUT2D eigenvalue weighted by molar-refractivity contribution is 7.25. The van der Waals surface area contributed by atoms with Gasteiger partial charge < -0.3 is 0 Å². The fourth-order valence-electron chi connectivity index (χ4n) is 3.62. The van der Waals surface area contributed by atoms with Crippen LogP contribution in [0.5, 0.6) is 0 Å². The van der Waals surface area contributed by atoms with Crippen LogP contribution in [0.25, 0.3) is 42.3 Å². The molecule has 2 aromatic heterocycles. The van der Waals surface area contributed by atoms with E-state index in [1.54, 1.807) is 17.7 Å². The molecule has 126 valence electrons. The first-order valence-corrected chi connectivity index (χ1v) is 9.69. The van der Waals surface area contributed by atoms with Crippen LogP contribution in [0.15, 0.2) is 67.0 Å². The van der Waals surface area contributed by atoms with Crippen molar-refractivity contribution in [3.63, 3.8) is 0 Å². The first kappa shape index (κ1) is 15.5. The quantitative estimate of drug-likeness (QED) is 0.349. The average molecular weight is 354 g/mol. The molecule has 0 aliphatic rings. The van der Waals surface area contributed by atoms with Crippen molar-refractivity contribution in [3.8, 4) is 11.3 Å². The van der Waals surface area contributed by atoms with Gasteiger partial charge in [0.2, 0.25) is 0 Å². The highest BCUT2D eigenvalue weighted by Crippen LogP contribution is 2.41. The maximum atomic E-state index is 4.68. The van der Waals surface area contributed by atoms with Crippen LogP contribution in [-0.4, -0.2) is 9.97 Å². The summed E-state index contributed by atoms with van der Waals surface area (Å²) in [5, 5.41) is 4.96. The Bertz CT molecular complexity index is 1250. The van der Waals surface area contributed by atoms with E-state index >= 15 is 0 Å². The Morgan fingerprint density at radius 3 is 2.42 bits per heavy atom. The molecule has 0 N–H and O–H groups in total. The van der Waals surface area contributed by atoms with E-state index in [0.29, 0.717) is 5.92 Å². The van der Waals surface area contributed by atoms with Gasteiger partial charge in [0, 0.05) is 21.0 Å². The normalized spacial score (nSPS) is 11.8. The molecule has 0 spiro atoms. The van der Waals surface area contributed by atoms with Crippen LogP contribution < -0.4 is 0 Å². The number of aromatic nitrogens is 2. The molecule has 2 heterocycles. The Balaban J connectivity index is 1.87. The van der Waals surface area contributed by atoms with Gasteiger partial charge in [-0.25, -0.2) is 9.97 Å². The van der Waals surface area contributed by atoms with Crippen LogP contribution in [0.1, 0.15) is 25.3 Å². The molecule has 5 aromatic rings. The third-order valence-corrected chi connectivity index (χ3v) is 6.07. The van der Waals surface area contributed by atoms with Crippen molar-refractivity contribution in [1.29, 1.82) is 0 Å². The lowest BCUT2D eigenvalue weighted by molar-refractivity contribution is 0.867. The molecule has 26 heavy (non-hydrogen) atoms.